The number of aliphatic hydroxyl groups excluding tert-OH is 3. The molecule has 4 aromatic rings. The molecule has 1 aliphatic heterocycles. The van der Waals surface area contributed by atoms with Crippen molar-refractivity contribution in [3.05, 3.63) is 36.9 Å². The van der Waals surface area contributed by atoms with Crippen molar-refractivity contribution in [2.45, 2.75) is 24.5 Å². The lowest BCUT2D eigenvalue weighted by Gasteiger charge is -2.16. The minimum Gasteiger partial charge on any atom is -0.394 e. The summed E-state index contributed by atoms with van der Waals surface area (Å²) in [5.41, 5.74) is 1.99. The van der Waals surface area contributed by atoms with E-state index in [1.807, 2.05) is 18.2 Å². The third-order valence-corrected chi connectivity index (χ3v) is 5.06. The molecule has 0 radical (unpaired) electrons. The van der Waals surface area contributed by atoms with E-state index in [2.05, 4.69) is 35.6 Å². The van der Waals surface area contributed by atoms with E-state index < -0.39 is 31.1 Å². The van der Waals surface area contributed by atoms with Crippen LogP contribution in [0.15, 0.2) is 36.9 Å². The zero-order valence-corrected chi connectivity index (χ0v) is 16.3. The topological polar surface area (TPSA) is 169 Å². The van der Waals surface area contributed by atoms with Gasteiger partial charge >= 0.3 is 0 Å². The molecule has 4 aromatic heterocycles. The number of hydrogen-bond acceptors (Lipinski definition) is 11. The van der Waals surface area contributed by atoms with Gasteiger partial charge in [-0.1, -0.05) is 11.3 Å². The predicted molar refractivity (Wildman–Crippen MR) is 106 cm³/mol. The standard InChI is InChI=1S/C18H19N9O4/c1-19-15-12-16(26(8-21-12)17-14(30)13(29)11(7-28)31-17)23-18(22-15)27-6-10(24-25-27)9-4-2-3-5-20-9/h2-6,8,11,13-14,17,28-30H,7H2,1H3,(H,19,22,23). The van der Waals surface area contributed by atoms with Crippen LogP contribution in [0.4, 0.5) is 5.82 Å². The van der Waals surface area contributed by atoms with E-state index in [1.54, 1.807) is 19.4 Å². The monoisotopic (exact) mass is 425 g/mol. The van der Waals surface area contributed by atoms with E-state index in [1.165, 1.54) is 15.6 Å². The summed E-state index contributed by atoms with van der Waals surface area (Å²) in [6.45, 7) is -0.432. The van der Waals surface area contributed by atoms with Crippen molar-refractivity contribution in [1.29, 1.82) is 0 Å². The van der Waals surface area contributed by atoms with Crippen molar-refractivity contribution in [3.8, 4) is 17.3 Å². The Balaban J connectivity index is 1.58. The van der Waals surface area contributed by atoms with Gasteiger partial charge in [0.2, 0.25) is 0 Å². The van der Waals surface area contributed by atoms with Crippen LogP contribution in [0.1, 0.15) is 6.23 Å². The Bertz CT molecular complexity index is 1210. The second-order valence-corrected chi connectivity index (χ2v) is 6.94. The van der Waals surface area contributed by atoms with E-state index in [4.69, 9.17) is 4.74 Å². The largest absolute Gasteiger partial charge is 0.394 e. The molecular weight excluding hydrogens is 406 g/mol. The molecule has 160 valence electrons. The molecular formula is C18H19N9O4. The van der Waals surface area contributed by atoms with Gasteiger partial charge in [0, 0.05) is 13.2 Å². The average Bonchev–Trinajstić information content (AvgIpc) is 3.52. The fourth-order valence-electron chi connectivity index (χ4n) is 3.47. The maximum absolute atomic E-state index is 10.4. The molecule has 13 nitrogen and oxygen atoms in total. The normalized spacial score (nSPS) is 23.5. The second kappa shape index (κ2) is 7.63. The number of aliphatic hydroxyl groups is 3. The Labute approximate surface area is 175 Å². The number of pyridine rings is 1. The van der Waals surface area contributed by atoms with Crippen molar-refractivity contribution < 1.29 is 20.1 Å². The highest BCUT2D eigenvalue weighted by molar-refractivity contribution is 5.83. The molecule has 0 spiro atoms. The average molecular weight is 425 g/mol. The Hall–Kier alpha value is -3.52. The number of imidazole rings is 1. The first kappa shape index (κ1) is 19.4. The minimum absolute atomic E-state index is 0.208. The maximum atomic E-state index is 10.4. The zero-order chi connectivity index (χ0) is 21.5. The van der Waals surface area contributed by atoms with E-state index in [0.29, 0.717) is 28.4 Å². The summed E-state index contributed by atoms with van der Waals surface area (Å²) in [4.78, 5) is 17.6. The van der Waals surface area contributed by atoms with E-state index in [-0.39, 0.29) is 5.95 Å². The van der Waals surface area contributed by atoms with Gasteiger partial charge in [0.15, 0.2) is 23.2 Å². The second-order valence-electron chi connectivity index (χ2n) is 6.94. The zero-order valence-electron chi connectivity index (χ0n) is 16.3. The molecule has 1 saturated heterocycles. The maximum Gasteiger partial charge on any atom is 0.256 e. The van der Waals surface area contributed by atoms with Gasteiger partial charge in [-0.25, -0.2) is 4.98 Å². The van der Waals surface area contributed by atoms with Crippen LogP contribution >= 0.6 is 0 Å². The van der Waals surface area contributed by atoms with E-state index >= 15 is 0 Å². The first-order valence-corrected chi connectivity index (χ1v) is 9.49. The molecule has 5 heterocycles. The Morgan fingerprint density at radius 1 is 1.13 bits per heavy atom. The summed E-state index contributed by atoms with van der Waals surface area (Å²) in [5.74, 6) is 0.639. The summed E-state index contributed by atoms with van der Waals surface area (Å²) in [6, 6.07) is 5.47. The number of anilines is 1. The summed E-state index contributed by atoms with van der Waals surface area (Å²) in [5, 5.41) is 41.1. The summed E-state index contributed by atoms with van der Waals surface area (Å²) in [7, 11) is 1.69. The highest BCUT2D eigenvalue weighted by Crippen LogP contribution is 2.32. The number of ether oxygens (including phenoxy) is 1. The molecule has 4 N–H and O–H groups in total. The van der Waals surface area contributed by atoms with Crippen LogP contribution in [0.3, 0.4) is 0 Å². The summed E-state index contributed by atoms with van der Waals surface area (Å²) < 4.78 is 8.51. The van der Waals surface area contributed by atoms with E-state index in [0.717, 1.165) is 0 Å². The van der Waals surface area contributed by atoms with Gasteiger partial charge < -0.3 is 25.4 Å². The minimum atomic E-state index is -1.27. The van der Waals surface area contributed by atoms with Crippen LogP contribution in [0, 0.1) is 0 Å². The molecule has 0 aromatic carbocycles. The van der Waals surface area contributed by atoms with Crippen molar-refractivity contribution >= 4 is 17.0 Å². The van der Waals surface area contributed by atoms with Crippen molar-refractivity contribution in [1.82, 2.24) is 39.5 Å². The lowest BCUT2D eigenvalue weighted by Crippen LogP contribution is -2.33. The van der Waals surface area contributed by atoms with Crippen LogP contribution in [0.5, 0.6) is 0 Å². The van der Waals surface area contributed by atoms with Crippen LogP contribution in [-0.4, -0.2) is 86.8 Å². The SMILES string of the molecule is CNc1nc(-n2cc(-c3ccccn3)nn2)nc2c1ncn2C1OC(CO)C(O)C1O. The van der Waals surface area contributed by atoms with Gasteiger partial charge in [0.1, 0.15) is 24.0 Å². The Morgan fingerprint density at radius 3 is 2.71 bits per heavy atom. The first-order chi connectivity index (χ1) is 15.1. The smallest absolute Gasteiger partial charge is 0.256 e. The van der Waals surface area contributed by atoms with Crippen LogP contribution in [0.25, 0.3) is 28.5 Å². The lowest BCUT2D eigenvalue weighted by atomic mass is 10.1. The number of nitrogens with one attached hydrogen (secondary N) is 1. The number of hydrogen-bond donors (Lipinski definition) is 4. The molecule has 5 rings (SSSR count). The van der Waals surface area contributed by atoms with Crippen LogP contribution in [0.2, 0.25) is 0 Å². The van der Waals surface area contributed by atoms with Gasteiger partial charge in [-0.15, -0.1) is 5.10 Å². The Morgan fingerprint density at radius 2 is 2.00 bits per heavy atom. The van der Waals surface area contributed by atoms with Gasteiger partial charge in [-0.3, -0.25) is 9.55 Å². The molecule has 0 saturated carbocycles. The van der Waals surface area contributed by atoms with Gasteiger partial charge in [0.25, 0.3) is 5.95 Å². The highest BCUT2D eigenvalue weighted by Gasteiger charge is 2.44. The molecule has 31 heavy (non-hydrogen) atoms. The number of fused-ring (bicyclic) bond motifs is 1. The predicted octanol–water partition coefficient (Wildman–Crippen LogP) is -0.878. The van der Waals surface area contributed by atoms with Crippen LogP contribution in [-0.2, 0) is 4.74 Å². The molecule has 1 fully saturated rings. The molecule has 4 unspecified atom stereocenters. The molecule has 1 aliphatic rings. The highest BCUT2D eigenvalue weighted by atomic mass is 16.6. The summed E-state index contributed by atoms with van der Waals surface area (Å²) >= 11 is 0. The lowest BCUT2D eigenvalue weighted by molar-refractivity contribution is -0.0511. The number of nitrogens with zero attached hydrogens (tertiary/aromatic N) is 8. The fraction of sp³-hybridized carbons (Fsp3) is 0.333. The molecule has 0 amide bonds. The number of aromatic nitrogens is 8. The molecule has 0 bridgehead atoms. The van der Waals surface area contributed by atoms with Gasteiger partial charge in [-0.2, -0.15) is 14.6 Å². The number of rotatable bonds is 5. The van der Waals surface area contributed by atoms with Gasteiger partial charge in [0.05, 0.1) is 24.8 Å². The molecule has 0 aliphatic carbocycles. The third kappa shape index (κ3) is 3.19. The van der Waals surface area contributed by atoms with Crippen molar-refractivity contribution in [3.63, 3.8) is 0 Å². The molecule has 4 atom stereocenters. The van der Waals surface area contributed by atoms with Crippen molar-refractivity contribution in [2.75, 3.05) is 19.0 Å². The quantitative estimate of drug-likeness (QED) is 0.313. The fourth-order valence-corrected chi connectivity index (χ4v) is 3.47. The molecule has 13 heteroatoms. The third-order valence-electron chi connectivity index (χ3n) is 5.06. The summed E-state index contributed by atoms with van der Waals surface area (Å²) in [6.07, 6.45) is 0.335. The first-order valence-electron chi connectivity index (χ1n) is 9.49. The van der Waals surface area contributed by atoms with E-state index in [9.17, 15) is 15.3 Å². The van der Waals surface area contributed by atoms with Crippen LogP contribution < -0.4 is 5.32 Å². The van der Waals surface area contributed by atoms with Crippen molar-refractivity contribution in [2.24, 2.45) is 0 Å². The Kier molecular flexibility index (Phi) is 4.78. The van der Waals surface area contributed by atoms with Gasteiger partial charge in [-0.05, 0) is 12.1 Å².